The highest BCUT2D eigenvalue weighted by atomic mass is 32.1. The van der Waals surface area contributed by atoms with Gasteiger partial charge < -0.3 is 14.8 Å². The molecular weight excluding hydrogens is 502 g/mol. The lowest BCUT2D eigenvalue weighted by Crippen LogP contribution is -2.40. The summed E-state index contributed by atoms with van der Waals surface area (Å²) in [6.45, 7) is 9.94. The maximum absolute atomic E-state index is 11.4. The van der Waals surface area contributed by atoms with Crippen LogP contribution in [0.1, 0.15) is 74.4 Å². The molecule has 1 aliphatic rings. The van der Waals surface area contributed by atoms with Gasteiger partial charge in [0.2, 0.25) is 0 Å². The standard InChI is InChI=1S/C27H35N5O3SSi/c1-7-18-16-28-26(30-25(18)29-24-14-21(31-32-24)19-8-9-19)23-11-10-22(36-23)20(12-13-35-17(2)33)15-27(3,4)37(5,6)34/h1,10-11,14,16,19-20,34H,8-9,12-13,15H2,2-6H3,(H2,28,29,30,31,32). The largest absolute Gasteiger partial charge is 0.466 e. The van der Waals surface area contributed by atoms with Crippen LogP contribution in [0.4, 0.5) is 11.6 Å². The van der Waals surface area contributed by atoms with Crippen molar-refractivity contribution in [2.45, 2.75) is 76.4 Å². The van der Waals surface area contributed by atoms with E-state index in [1.165, 1.54) is 19.8 Å². The molecule has 0 aliphatic heterocycles. The fraction of sp³-hybridized carbons (Fsp3) is 0.481. The Kier molecular flexibility index (Phi) is 7.87. The highest BCUT2D eigenvalue weighted by molar-refractivity contribution is 7.15. The van der Waals surface area contributed by atoms with Crippen LogP contribution in [-0.2, 0) is 9.53 Å². The van der Waals surface area contributed by atoms with E-state index in [1.807, 2.05) is 25.2 Å². The van der Waals surface area contributed by atoms with Crippen LogP contribution in [-0.4, -0.2) is 45.9 Å². The number of rotatable bonds is 11. The average molecular weight is 538 g/mol. The van der Waals surface area contributed by atoms with E-state index in [0.29, 0.717) is 42.0 Å². The Hall–Kier alpha value is -3.00. The van der Waals surface area contributed by atoms with Crippen molar-refractivity contribution in [3.8, 4) is 23.0 Å². The number of terminal acetylenes is 1. The molecule has 196 valence electrons. The first-order valence-electron chi connectivity index (χ1n) is 12.6. The lowest BCUT2D eigenvalue weighted by molar-refractivity contribution is -0.141. The first-order chi connectivity index (χ1) is 17.5. The Morgan fingerprint density at radius 3 is 2.81 bits per heavy atom. The third-order valence-electron chi connectivity index (χ3n) is 7.24. The number of aromatic amines is 1. The van der Waals surface area contributed by atoms with Gasteiger partial charge in [-0.15, -0.1) is 17.8 Å². The molecule has 0 amide bonds. The predicted molar refractivity (Wildman–Crippen MR) is 149 cm³/mol. The molecular formula is C27H35N5O3SSi. The van der Waals surface area contributed by atoms with E-state index in [-0.39, 0.29) is 16.9 Å². The van der Waals surface area contributed by atoms with Crippen molar-refractivity contribution in [1.29, 1.82) is 0 Å². The number of anilines is 2. The molecule has 37 heavy (non-hydrogen) atoms. The molecule has 0 radical (unpaired) electrons. The van der Waals surface area contributed by atoms with Crippen LogP contribution in [0, 0.1) is 12.3 Å². The van der Waals surface area contributed by atoms with Gasteiger partial charge in [0.15, 0.2) is 25.8 Å². The molecule has 4 rings (SSSR count). The van der Waals surface area contributed by atoms with Crippen molar-refractivity contribution in [3.63, 3.8) is 0 Å². The van der Waals surface area contributed by atoms with Crippen LogP contribution >= 0.6 is 11.3 Å². The molecule has 0 spiro atoms. The third kappa shape index (κ3) is 6.66. The number of aromatic nitrogens is 4. The van der Waals surface area contributed by atoms with Crippen LogP contribution in [0.25, 0.3) is 10.7 Å². The summed E-state index contributed by atoms with van der Waals surface area (Å²) in [5.41, 5.74) is 1.69. The Labute approximate surface area is 223 Å². The summed E-state index contributed by atoms with van der Waals surface area (Å²) in [5.74, 6) is 4.85. The fourth-order valence-corrected chi connectivity index (χ4v) is 5.90. The van der Waals surface area contributed by atoms with Gasteiger partial charge >= 0.3 is 5.97 Å². The van der Waals surface area contributed by atoms with E-state index in [2.05, 4.69) is 46.3 Å². The quantitative estimate of drug-likeness (QED) is 0.158. The zero-order valence-electron chi connectivity index (χ0n) is 22.1. The Morgan fingerprint density at radius 2 is 2.16 bits per heavy atom. The number of hydrogen-bond acceptors (Lipinski definition) is 8. The number of carbonyl (C=O) groups is 1. The van der Waals surface area contributed by atoms with E-state index in [1.54, 1.807) is 17.5 Å². The molecule has 0 saturated heterocycles. The molecule has 1 atom stereocenters. The summed E-state index contributed by atoms with van der Waals surface area (Å²) < 4.78 is 5.26. The van der Waals surface area contributed by atoms with Crippen molar-refractivity contribution in [2.24, 2.45) is 0 Å². The van der Waals surface area contributed by atoms with Gasteiger partial charge in [0.1, 0.15) is 0 Å². The van der Waals surface area contributed by atoms with E-state index >= 15 is 0 Å². The monoisotopic (exact) mass is 537 g/mol. The summed E-state index contributed by atoms with van der Waals surface area (Å²) in [6.07, 6.45) is 11.2. The van der Waals surface area contributed by atoms with Crippen molar-refractivity contribution in [1.82, 2.24) is 20.2 Å². The number of thiophene rings is 1. The molecule has 1 saturated carbocycles. The molecule has 0 bridgehead atoms. The van der Waals surface area contributed by atoms with Gasteiger partial charge in [-0.2, -0.15) is 5.10 Å². The summed E-state index contributed by atoms with van der Waals surface area (Å²) in [5, 5.41) is 10.5. The number of nitrogens with one attached hydrogen (secondary N) is 2. The highest BCUT2D eigenvalue weighted by Crippen LogP contribution is 2.47. The molecule has 1 aliphatic carbocycles. The van der Waals surface area contributed by atoms with Crippen LogP contribution in [0.5, 0.6) is 0 Å². The smallest absolute Gasteiger partial charge is 0.302 e. The van der Waals surface area contributed by atoms with Crippen molar-refractivity contribution < 1.29 is 14.3 Å². The summed E-state index contributed by atoms with van der Waals surface area (Å²) >= 11 is 1.62. The number of hydrogen-bond donors (Lipinski definition) is 3. The SMILES string of the molecule is C#Cc1cnc(-c2ccc(C(CCOC(C)=O)CC(C)(C)[Si](C)(C)O)s2)nc1Nc1cc(C2CC2)[nH]n1. The molecule has 3 heterocycles. The normalized spacial score (nSPS) is 14.7. The third-order valence-corrected chi connectivity index (χ3v) is 12.0. The molecule has 1 fully saturated rings. The van der Waals surface area contributed by atoms with Gasteiger partial charge in [0.25, 0.3) is 0 Å². The minimum Gasteiger partial charge on any atom is -0.466 e. The van der Waals surface area contributed by atoms with Gasteiger partial charge in [-0.05, 0) is 61.9 Å². The Bertz CT molecular complexity index is 1300. The summed E-state index contributed by atoms with van der Waals surface area (Å²) in [4.78, 5) is 33.6. The van der Waals surface area contributed by atoms with E-state index in [0.717, 1.165) is 21.9 Å². The number of nitrogens with zero attached hydrogens (tertiary/aromatic N) is 3. The van der Waals surface area contributed by atoms with E-state index in [4.69, 9.17) is 16.1 Å². The zero-order chi connectivity index (χ0) is 26.8. The van der Waals surface area contributed by atoms with Crippen molar-refractivity contribution in [2.75, 3.05) is 11.9 Å². The van der Waals surface area contributed by atoms with Gasteiger partial charge in [-0.3, -0.25) is 9.89 Å². The van der Waals surface area contributed by atoms with E-state index < -0.39 is 8.32 Å². The lowest BCUT2D eigenvalue weighted by atomic mass is 9.92. The van der Waals surface area contributed by atoms with Crippen molar-refractivity contribution in [3.05, 3.63) is 40.5 Å². The van der Waals surface area contributed by atoms with Crippen LogP contribution in [0.3, 0.4) is 0 Å². The van der Waals surface area contributed by atoms with Gasteiger partial charge in [-0.1, -0.05) is 19.8 Å². The minimum atomic E-state index is -2.42. The number of carbonyl (C=O) groups excluding carboxylic acids is 1. The van der Waals surface area contributed by atoms with Crippen LogP contribution in [0.2, 0.25) is 18.1 Å². The van der Waals surface area contributed by atoms with Gasteiger partial charge in [0, 0.05) is 35.7 Å². The number of esters is 1. The van der Waals surface area contributed by atoms with E-state index in [9.17, 15) is 9.59 Å². The van der Waals surface area contributed by atoms with Gasteiger partial charge in [0.05, 0.1) is 17.0 Å². The molecule has 8 nitrogen and oxygen atoms in total. The Morgan fingerprint density at radius 1 is 1.41 bits per heavy atom. The van der Waals surface area contributed by atoms with Crippen LogP contribution in [0.15, 0.2) is 24.4 Å². The molecule has 3 N–H and O–H groups in total. The predicted octanol–water partition coefficient (Wildman–Crippen LogP) is 5.94. The first-order valence-corrected chi connectivity index (χ1v) is 16.3. The number of H-pyrrole nitrogens is 1. The first kappa shape index (κ1) is 27.0. The van der Waals surface area contributed by atoms with Gasteiger partial charge in [-0.25, -0.2) is 9.97 Å². The highest BCUT2D eigenvalue weighted by Gasteiger charge is 2.40. The summed E-state index contributed by atoms with van der Waals surface area (Å²) in [6, 6.07) is 6.10. The molecule has 0 aromatic carbocycles. The maximum Gasteiger partial charge on any atom is 0.302 e. The second-order valence-corrected chi connectivity index (χ2v) is 16.5. The molecule has 1 unspecified atom stereocenters. The fourth-order valence-electron chi connectivity index (χ4n) is 4.07. The number of ether oxygens (including phenoxy) is 1. The molecule has 10 heteroatoms. The Balaban J connectivity index is 1.57. The average Bonchev–Trinajstić information content (AvgIpc) is 3.36. The second kappa shape index (κ2) is 10.8. The van der Waals surface area contributed by atoms with Crippen molar-refractivity contribution >= 4 is 37.3 Å². The lowest BCUT2D eigenvalue weighted by Gasteiger charge is -2.37. The molecule has 3 aromatic heterocycles. The van der Waals surface area contributed by atoms with Crippen LogP contribution < -0.4 is 5.32 Å². The maximum atomic E-state index is 11.4. The zero-order valence-corrected chi connectivity index (χ0v) is 23.9. The summed E-state index contributed by atoms with van der Waals surface area (Å²) in [7, 11) is -2.42. The molecule has 3 aromatic rings. The topological polar surface area (TPSA) is 113 Å². The minimum absolute atomic E-state index is 0.125. The second-order valence-electron chi connectivity index (χ2n) is 10.9.